The minimum atomic E-state index is -0.484. The number of aromatic nitrogens is 4. The van der Waals surface area contributed by atoms with Gasteiger partial charge in [0.15, 0.2) is 5.82 Å². The van der Waals surface area contributed by atoms with E-state index >= 15 is 0 Å². The van der Waals surface area contributed by atoms with Gasteiger partial charge >= 0.3 is 6.09 Å². The fourth-order valence-electron chi connectivity index (χ4n) is 5.13. The third-order valence-electron chi connectivity index (χ3n) is 6.63. The van der Waals surface area contributed by atoms with Crippen molar-refractivity contribution in [3.8, 4) is 0 Å². The van der Waals surface area contributed by atoms with Crippen LogP contribution in [0.25, 0.3) is 10.2 Å². The zero-order chi connectivity index (χ0) is 24.2. The minimum Gasteiger partial charge on any atom is -0.444 e. The number of anilines is 3. The standard InChI is InChI=1S/C24H33N7O2S/c1-13-9-19(29-28-13)25-20-18-10-14(2)34-21(18)27-22(26-20)30(6)17-11-15-7-8-16(12-17)31(15)23(32)33-24(3,4)5/h9-10,15-17H,7-8,11-12H2,1-6H3,(H2,25,26,27,28,29). The molecule has 2 saturated heterocycles. The number of H-pyrrole nitrogens is 1. The molecule has 2 aliphatic rings. The quantitative estimate of drug-likeness (QED) is 0.530. The molecule has 1 amide bonds. The summed E-state index contributed by atoms with van der Waals surface area (Å²) in [7, 11) is 2.07. The Labute approximate surface area is 203 Å². The van der Waals surface area contributed by atoms with Gasteiger partial charge in [-0.1, -0.05) is 0 Å². The number of nitrogens with zero attached hydrogens (tertiary/aromatic N) is 5. The van der Waals surface area contributed by atoms with E-state index in [9.17, 15) is 4.79 Å². The lowest BCUT2D eigenvalue weighted by Crippen LogP contribution is -2.53. The number of rotatable bonds is 4. The lowest BCUT2D eigenvalue weighted by atomic mass is 9.97. The molecule has 0 aliphatic carbocycles. The van der Waals surface area contributed by atoms with Crippen molar-refractivity contribution in [2.75, 3.05) is 17.3 Å². The number of piperidine rings is 1. The molecule has 3 aromatic heterocycles. The molecule has 0 saturated carbocycles. The van der Waals surface area contributed by atoms with Crippen LogP contribution in [0.2, 0.25) is 0 Å². The smallest absolute Gasteiger partial charge is 0.410 e. The van der Waals surface area contributed by atoms with Crippen molar-refractivity contribution in [1.29, 1.82) is 0 Å². The van der Waals surface area contributed by atoms with E-state index in [4.69, 9.17) is 14.7 Å². The van der Waals surface area contributed by atoms with Gasteiger partial charge in [-0.2, -0.15) is 10.1 Å². The number of fused-ring (bicyclic) bond motifs is 3. The van der Waals surface area contributed by atoms with Crippen molar-refractivity contribution in [3.63, 3.8) is 0 Å². The Bertz CT molecular complexity index is 1200. The largest absolute Gasteiger partial charge is 0.444 e. The molecule has 2 fully saturated rings. The average molecular weight is 484 g/mol. The Hall–Kier alpha value is -2.88. The first kappa shape index (κ1) is 22.9. The predicted molar refractivity (Wildman–Crippen MR) is 135 cm³/mol. The van der Waals surface area contributed by atoms with Crippen LogP contribution in [0.5, 0.6) is 0 Å². The number of hydrogen-bond acceptors (Lipinski definition) is 8. The summed E-state index contributed by atoms with van der Waals surface area (Å²) < 4.78 is 5.70. The molecular formula is C24H33N7O2S. The number of nitrogens with one attached hydrogen (secondary N) is 2. The molecular weight excluding hydrogens is 450 g/mol. The monoisotopic (exact) mass is 483 g/mol. The number of hydrogen-bond donors (Lipinski definition) is 2. The van der Waals surface area contributed by atoms with Gasteiger partial charge in [0, 0.05) is 41.8 Å². The summed E-state index contributed by atoms with van der Waals surface area (Å²) in [6.45, 7) is 9.82. The number of amides is 1. The Morgan fingerprint density at radius 2 is 1.91 bits per heavy atom. The summed E-state index contributed by atoms with van der Waals surface area (Å²) >= 11 is 1.67. The molecule has 2 unspecified atom stereocenters. The van der Waals surface area contributed by atoms with Gasteiger partial charge in [0.1, 0.15) is 16.2 Å². The van der Waals surface area contributed by atoms with Gasteiger partial charge in [-0.25, -0.2) is 9.78 Å². The van der Waals surface area contributed by atoms with E-state index in [-0.39, 0.29) is 24.2 Å². The molecule has 10 heteroatoms. The molecule has 2 atom stereocenters. The molecule has 2 N–H and O–H groups in total. The van der Waals surface area contributed by atoms with Crippen LogP contribution in [0.1, 0.15) is 57.0 Å². The molecule has 2 aliphatic heterocycles. The van der Waals surface area contributed by atoms with Crippen LogP contribution >= 0.6 is 11.3 Å². The molecule has 0 spiro atoms. The summed E-state index contributed by atoms with van der Waals surface area (Å²) in [5.74, 6) is 2.19. The second-order valence-corrected chi connectivity index (χ2v) is 11.8. The van der Waals surface area contributed by atoms with Crippen molar-refractivity contribution in [1.82, 2.24) is 25.1 Å². The van der Waals surface area contributed by atoms with E-state index in [0.717, 1.165) is 53.2 Å². The Morgan fingerprint density at radius 3 is 2.53 bits per heavy atom. The fraction of sp³-hybridized carbons (Fsp3) is 0.583. The maximum Gasteiger partial charge on any atom is 0.410 e. The van der Waals surface area contributed by atoms with Crippen molar-refractivity contribution >= 4 is 45.2 Å². The van der Waals surface area contributed by atoms with Crippen LogP contribution in [0.3, 0.4) is 0 Å². The lowest BCUT2D eigenvalue weighted by Gasteiger charge is -2.42. The summed E-state index contributed by atoms with van der Waals surface area (Å²) in [6.07, 6.45) is 3.62. The first-order valence-electron chi connectivity index (χ1n) is 11.9. The molecule has 34 heavy (non-hydrogen) atoms. The fourth-order valence-corrected chi connectivity index (χ4v) is 6.00. The normalized spacial score (nSPS) is 22.3. The first-order chi connectivity index (χ1) is 16.1. The number of carbonyl (C=O) groups excluding carboxylic acids is 1. The van der Waals surface area contributed by atoms with Crippen molar-refractivity contribution in [2.45, 2.75) is 84.0 Å². The van der Waals surface area contributed by atoms with Crippen LogP contribution in [-0.4, -0.2) is 61.9 Å². The summed E-state index contributed by atoms with van der Waals surface area (Å²) in [5.41, 5.74) is 0.501. The van der Waals surface area contributed by atoms with Crippen LogP contribution < -0.4 is 10.2 Å². The highest BCUT2D eigenvalue weighted by molar-refractivity contribution is 7.18. The number of carbonyl (C=O) groups is 1. The second-order valence-electron chi connectivity index (χ2n) is 10.5. The van der Waals surface area contributed by atoms with Crippen molar-refractivity contribution in [3.05, 3.63) is 22.7 Å². The van der Waals surface area contributed by atoms with Gasteiger partial charge in [0.05, 0.1) is 5.39 Å². The number of thiophene rings is 1. The van der Waals surface area contributed by atoms with Gasteiger partial charge in [-0.05, 0) is 66.4 Å². The maximum absolute atomic E-state index is 12.8. The molecule has 0 radical (unpaired) electrons. The van der Waals surface area contributed by atoms with Gasteiger partial charge in [0.2, 0.25) is 5.95 Å². The van der Waals surface area contributed by atoms with Crippen LogP contribution in [0.4, 0.5) is 22.4 Å². The zero-order valence-electron chi connectivity index (χ0n) is 20.7. The molecule has 182 valence electrons. The summed E-state index contributed by atoms with van der Waals surface area (Å²) in [5, 5.41) is 11.7. The Kier molecular flexibility index (Phi) is 5.66. The second kappa shape index (κ2) is 8.41. The van der Waals surface area contributed by atoms with Gasteiger partial charge in [-0.15, -0.1) is 11.3 Å². The molecule has 0 aromatic carbocycles. The zero-order valence-corrected chi connectivity index (χ0v) is 21.5. The number of aromatic amines is 1. The number of aryl methyl sites for hydroxylation is 2. The highest BCUT2D eigenvalue weighted by Gasteiger charge is 2.46. The highest BCUT2D eigenvalue weighted by Crippen LogP contribution is 2.40. The molecule has 5 rings (SSSR count). The van der Waals surface area contributed by atoms with Crippen molar-refractivity contribution in [2.24, 2.45) is 0 Å². The SMILES string of the molecule is Cc1cc(Nc2nc(N(C)C3CC4CCC(C3)N4C(=O)OC(C)(C)C)nc3sc(C)cc23)n[nH]1. The summed E-state index contributed by atoms with van der Waals surface area (Å²) in [6, 6.07) is 4.72. The van der Waals surface area contributed by atoms with Crippen LogP contribution in [0, 0.1) is 13.8 Å². The predicted octanol–water partition coefficient (Wildman–Crippen LogP) is 5.14. The third kappa shape index (κ3) is 4.43. The summed E-state index contributed by atoms with van der Waals surface area (Å²) in [4.78, 5) is 29.0. The first-order valence-corrected chi connectivity index (χ1v) is 12.7. The Balaban J connectivity index is 1.39. The van der Waals surface area contributed by atoms with E-state index in [0.29, 0.717) is 5.95 Å². The van der Waals surface area contributed by atoms with E-state index < -0.39 is 5.60 Å². The van der Waals surface area contributed by atoms with E-state index in [1.807, 2.05) is 38.7 Å². The van der Waals surface area contributed by atoms with Crippen LogP contribution in [0.15, 0.2) is 12.1 Å². The molecule has 3 aromatic rings. The Morgan fingerprint density at radius 1 is 1.21 bits per heavy atom. The average Bonchev–Trinajstić information content (AvgIpc) is 3.40. The minimum absolute atomic E-state index is 0.186. The van der Waals surface area contributed by atoms with E-state index in [2.05, 4.69) is 40.5 Å². The van der Waals surface area contributed by atoms with Gasteiger partial charge in [0.25, 0.3) is 0 Å². The molecule has 5 heterocycles. The van der Waals surface area contributed by atoms with Crippen LogP contribution in [-0.2, 0) is 4.74 Å². The van der Waals surface area contributed by atoms with Gasteiger partial charge in [-0.3, -0.25) is 5.10 Å². The molecule has 9 nitrogen and oxygen atoms in total. The van der Waals surface area contributed by atoms with E-state index in [1.54, 1.807) is 11.3 Å². The number of ether oxygens (including phenoxy) is 1. The third-order valence-corrected chi connectivity index (χ3v) is 7.58. The van der Waals surface area contributed by atoms with Crippen molar-refractivity contribution < 1.29 is 9.53 Å². The molecule has 2 bridgehead atoms. The lowest BCUT2D eigenvalue weighted by molar-refractivity contribution is 0.00596. The van der Waals surface area contributed by atoms with E-state index in [1.165, 1.54) is 4.88 Å². The topological polar surface area (TPSA) is 99.3 Å². The highest BCUT2D eigenvalue weighted by atomic mass is 32.1. The maximum atomic E-state index is 12.8. The van der Waals surface area contributed by atoms with Gasteiger partial charge < -0.3 is 19.9 Å².